The Morgan fingerprint density at radius 3 is 1.23 bits per heavy atom. The van der Waals surface area contributed by atoms with Crippen LogP contribution in [0.1, 0.15) is 53.4 Å². The summed E-state index contributed by atoms with van der Waals surface area (Å²) in [6.45, 7) is 7.64. The van der Waals surface area contributed by atoms with Gasteiger partial charge in [0.1, 0.15) is 47.6 Å². The fraction of sp³-hybridized carbons (Fsp3) is 0.429. The highest BCUT2D eigenvalue weighted by Gasteiger charge is 2.34. The minimum Gasteiger partial charge on any atom is -0.336 e. The van der Waals surface area contributed by atoms with Crippen molar-refractivity contribution in [1.82, 2.24) is 21.3 Å². The number of nitrogens with one attached hydrogen (secondary N) is 4. The molecule has 4 amide bonds. The van der Waals surface area contributed by atoms with Gasteiger partial charge in [-0.15, -0.1) is 0 Å². The van der Waals surface area contributed by atoms with Crippen LogP contribution in [0, 0.1) is 78.8 Å². The quantitative estimate of drug-likeness (QED) is 0.300. The van der Waals surface area contributed by atoms with E-state index in [0.717, 1.165) is 0 Å². The zero-order valence-corrected chi connectivity index (χ0v) is 22.7. The van der Waals surface area contributed by atoms with Gasteiger partial charge in [0.25, 0.3) is 0 Å². The van der Waals surface area contributed by atoms with Gasteiger partial charge in [-0.2, -0.15) is 31.6 Å². The van der Waals surface area contributed by atoms with Crippen LogP contribution in [0.15, 0.2) is 44.8 Å². The van der Waals surface area contributed by atoms with Crippen LogP contribution in [-0.2, 0) is 0 Å². The number of hydrogen-bond donors (Lipinski definition) is 4. The van der Waals surface area contributed by atoms with Crippen LogP contribution in [0.5, 0.6) is 0 Å². The van der Waals surface area contributed by atoms with E-state index < -0.39 is 22.9 Å². The molecule has 2 rings (SSSR count). The van der Waals surface area contributed by atoms with Gasteiger partial charge in [0.15, 0.2) is 0 Å². The topological polar surface area (TPSA) is 225 Å². The van der Waals surface area contributed by atoms with Crippen LogP contribution in [0.4, 0.5) is 9.59 Å². The van der Waals surface area contributed by atoms with Crippen molar-refractivity contribution < 1.29 is 9.59 Å². The lowest BCUT2D eigenvalue weighted by atomic mass is 9.73. The minimum atomic E-state index is -0.628. The summed E-state index contributed by atoms with van der Waals surface area (Å²) in [5, 5.41) is 66.9. The summed E-state index contributed by atoms with van der Waals surface area (Å²) in [7, 11) is 0. The highest BCUT2D eigenvalue weighted by atomic mass is 16.2. The summed E-state index contributed by atoms with van der Waals surface area (Å²) >= 11 is 0. The molecule has 0 atom stereocenters. The monoisotopic (exact) mass is 536 g/mol. The standard InChI is InChI=1S/C28H28N10O2/c1-27(2)7-19(17(11-29)12-30)21(15-33)23(9-27)37-25(39)35-5-6-36-26(40)38-24-10-28(3,4)8-20(22(24)16-34)18(13-31)14-32/h5-10H2,1-4H3,(H2,35,37,39)(H2,36,38,40). The number of nitrogens with zero attached hydrogens (tertiary/aromatic N) is 6. The third kappa shape index (κ3) is 7.49. The molecule has 0 fully saturated rings. The first-order chi connectivity index (χ1) is 18.8. The number of carbonyl (C=O) groups excluding carboxylic acids is 2. The van der Waals surface area contributed by atoms with E-state index in [1.807, 2.05) is 64.1 Å². The summed E-state index contributed by atoms with van der Waals surface area (Å²) in [6.07, 6.45) is 1.37. The summed E-state index contributed by atoms with van der Waals surface area (Å²) < 4.78 is 0. The van der Waals surface area contributed by atoms with E-state index in [0.29, 0.717) is 48.2 Å². The molecule has 0 saturated heterocycles. The van der Waals surface area contributed by atoms with Crippen LogP contribution < -0.4 is 21.3 Å². The first-order valence-corrected chi connectivity index (χ1v) is 12.3. The van der Waals surface area contributed by atoms with E-state index >= 15 is 0 Å². The molecule has 0 bridgehead atoms. The highest BCUT2D eigenvalue weighted by Crippen LogP contribution is 2.43. The van der Waals surface area contributed by atoms with Gasteiger partial charge in [0, 0.05) is 35.6 Å². The van der Waals surface area contributed by atoms with Crippen molar-refractivity contribution in [3.63, 3.8) is 0 Å². The number of amides is 4. The molecule has 0 aromatic rings. The molecular formula is C28H28N10O2. The predicted octanol–water partition coefficient (Wildman–Crippen LogP) is 3.47. The van der Waals surface area contributed by atoms with E-state index in [2.05, 4.69) is 21.3 Å². The second kappa shape index (κ2) is 12.8. The van der Waals surface area contributed by atoms with Crippen molar-refractivity contribution in [3.05, 3.63) is 44.8 Å². The molecule has 12 nitrogen and oxygen atoms in total. The number of carbonyl (C=O) groups is 2. The van der Waals surface area contributed by atoms with Gasteiger partial charge in [0.05, 0.1) is 11.1 Å². The van der Waals surface area contributed by atoms with Crippen LogP contribution in [0.25, 0.3) is 0 Å². The Balaban J connectivity index is 2.06. The number of nitriles is 6. The number of rotatable bonds is 5. The number of hydrogen-bond acceptors (Lipinski definition) is 8. The van der Waals surface area contributed by atoms with Crippen molar-refractivity contribution in [2.75, 3.05) is 13.1 Å². The molecule has 0 aromatic heterocycles. The van der Waals surface area contributed by atoms with E-state index in [1.165, 1.54) is 0 Å². The predicted molar refractivity (Wildman–Crippen MR) is 141 cm³/mol. The van der Waals surface area contributed by atoms with Gasteiger partial charge in [-0.3, -0.25) is 0 Å². The Labute approximate surface area is 233 Å². The maximum Gasteiger partial charge on any atom is 0.319 e. The second-order valence-corrected chi connectivity index (χ2v) is 10.9. The van der Waals surface area contributed by atoms with E-state index in [1.54, 1.807) is 0 Å². The van der Waals surface area contributed by atoms with Gasteiger partial charge < -0.3 is 21.3 Å². The third-order valence-corrected chi connectivity index (χ3v) is 6.33. The first kappa shape index (κ1) is 30.7. The molecule has 0 aromatic carbocycles. The second-order valence-electron chi connectivity index (χ2n) is 10.9. The molecule has 0 spiro atoms. The largest absolute Gasteiger partial charge is 0.336 e. The SMILES string of the molecule is CC1(C)CC(NC(=O)NCCNC(=O)NC2=C(C#N)C(=C(C#N)C#N)CC(C)(C)C2)=C(C#N)C(=C(C#N)C#N)C1. The molecule has 0 unspecified atom stereocenters. The Kier molecular flexibility index (Phi) is 9.81. The molecule has 0 radical (unpaired) electrons. The Morgan fingerprint density at radius 1 is 0.625 bits per heavy atom. The molecule has 12 heteroatoms. The van der Waals surface area contributed by atoms with Crippen LogP contribution >= 0.6 is 0 Å². The molecule has 0 saturated carbocycles. The van der Waals surface area contributed by atoms with Crippen molar-refractivity contribution in [2.24, 2.45) is 10.8 Å². The van der Waals surface area contributed by atoms with Gasteiger partial charge in [-0.1, -0.05) is 27.7 Å². The van der Waals surface area contributed by atoms with Gasteiger partial charge in [0.2, 0.25) is 0 Å². The zero-order chi connectivity index (χ0) is 30.1. The van der Waals surface area contributed by atoms with E-state index in [-0.39, 0.29) is 35.4 Å². The molecule has 2 aliphatic carbocycles. The smallest absolute Gasteiger partial charge is 0.319 e. The van der Waals surface area contributed by atoms with Crippen molar-refractivity contribution in [2.45, 2.75) is 53.4 Å². The maximum absolute atomic E-state index is 12.5. The minimum absolute atomic E-state index is 0.0238. The lowest BCUT2D eigenvalue weighted by Gasteiger charge is -2.33. The highest BCUT2D eigenvalue weighted by molar-refractivity contribution is 5.78. The summed E-state index contributed by atoms with van der Waals surface area (Å²) in [5.41, 5.74) is 0.215. The van der Waals surface area contributed by atoms with Gasteiger partial charge in [-0.25, -0.2) is 9.59 Å². The van der Waals surface area contributed by atoms with Crippen LogP contribution in [0.2, 0.25) is 0 Å². The molecular weight excluding hydrogens is 508 g/mol. The lowest BCUT2D eigenvalue weighted by Crippen LogP contribution is -2.44. The van der Waals surface area contributed by atoms with E-state index in [4.69, 9.17) is 0 Å². The zero-order valence-electron chi connectivity index (χ0n) is 22.7. The third-order valence-electron chi connectivity index (χ3n) is 6.33. The van der Waals surface area contributed by atoms with E-state index in [9.17, 15) is 41.2 Å². The fourth-order valence-corrected chi connectivity index (χ4v) is 4.70. The molecule has 202 valence electrons. The van der Waals surface area contributed by atoms with Gasteiger partial charge in [-0.05, 0) is 36.5 Å². The summed E-state index contributed by atoms with van der Waals surface area (Å²) in [6, 6.07) is 9.97. The number of urea groups is 2. The van der Waals surface area contributed by atoms with Crippen molar-refractivity contribution in [1.29, 1.82) is 31.6 Å². The normalized spacial score (nSPS) is 16.9. The summed E-state index contributed by atoms with van der Waals surface area (Å²) in [5.74, 6) is 0. The lowest BCUT2D eigenvalue weighted by molar-refractivity contribution is 0.236. The fourth-order valence-electron chi connectivity index (χ4n) is 4.70. The molecule has 0 aliphatic heterocycles. The maximum atomic E-state index is 12.5. The Morgan fingerprint density at radius 2 is 0.950 bits per heavy atom. The number of allylic oxidation sites excluding steroid dienone is 8. The average molecular weight is 537 g/mol. The Bertz CT molecular complexity index is 1350. The van der Waals surface area contributed by atoms with Crippen molar-refractivity contribution >= 4 is 12.1 Å². The first-order valence-electron chi connectivity index (χ1n) is 12.3. The molecule has 4 N–H and O–H groups in total. The van der Waals surface area contributed by atoms with Crippen LogP contribution in [0.3, 0.4) is 0 Å². The average Bonchev–Trinajstić information content (AvgIpc) is 2.87. The summed E-state index contributed by atoms with van der Waals surface area (Å²) in [4.78, 5) is 25.1. The molecule has 40 heavy (non-hydrogen) atoms. The molecule has 0 heterocycles. The van der Waals surface area contributed by atoms with Gasteiger partial charge >= 0.3 is 12.1 Å². The Hall–Kier alpha value is -5.56. The molecule has 2 aliphatic rings. The van der Waals surface area contributed by atoms with Crippen LogP contribution in [-0.4, -0.2) is 25.2 Å². The van der Waals surface area contributed by atoms with Crippen molar-refractivity contribution in [3.8, 4) is 36.4 Å².